The number of thioether (sulfide) groups is 1. The number of thiazole rings is 1. The molecule has 0 aliphatic carbocycles. The third-order valence-electron chi connectivity index (χ3n) is 6.81. The molecule has 40 heavy (non-hydrogen) atoms. The number of aromatic amines is 1. The molecule has 2 aliphatic heterocycles. The van der Waals surface area contributed by atoms with Crippen LogP contribution in [0.3, 0.4) is 0 Å². The monoisotopic (exact) mass is 602 g/mol. The molecule has 3 heterocycles. The minimum absolute atomic E-state index is 0.138. The van der Waals surface area contributed by atoms with Gasteiger partial charge in [0.1, 0.15) is 17.6 Å². The Morgan fingerprint density at radius 3 is 2.38 bits per heavy atom. The minimum Gasteiger partial charge on any atom is -0.489 e. The number of nitrogens with one attached hydrogen (secondary N) is 1. The number of alkyl halides is 3. The molecule has 6 nitrogen and oxygen atoms in total. The molecule has 1 saturated heterocycles. The van der Waals surface area contributed by atoms with Crippen LogP contribution < -0.4 is 14.5 Å². The highest BCUT2D eigenvalue weighted by Crippen LogP contribution is 2.53. The summed E-state index contributed by atoms with van der Waals surface area (Å²) in [5.74, 6) is -2.22. The number of nitrogens with zero attached hydrogens (tertiary/aromatic N) is 1. The molecule has 0 unspecified atom stereocenters. The highest BCUT2D eigenvalue weighted by atomic mass is 35.5. The van der Waals surface area contributed by atoms with E-state index in [1.54, 1.807) is 36.4 Å². The first kappa shape index (κ1) is 26.7. The minimum atomic E-state index is -4.63. The number of carbonyl (C=O) groups excluding carboxylic acids is 2. The molecule has 0 bridgehead atoms. The van der Waals surface area contributed by atoms with Gasteiger partial charge in [0.2, 0.25) is 11.8 Å². The van der Waals surface area contributed by atoms with Crippen molar-refractivity contribution in [3.63, 3.8) is 0 Å². The number of amides is 2. The van der Waals surface area contributed by atoms with Gasteiger partial charge in [-0.25, -0.2) is 4.90 Å². The molecule has 2 amide bonds. The van der Waals surface area contributed by atoms with E-state index in [0.717, 1.165) is 45.7 Å². The van der Waals surface area contributed by atoms with Crippen molar-refractivity contribution < 1.29 is 27.5 Å². The number of halogens is 4. The first-order valence-corrected chi connectivity index (χ1v) is 14.1. The Morgan fingerprint density at radius 1 is 0.950 bits per heavy atom. The fraction of sp³-hybridized carbons (Fsp3) is 0.179. The van der Waals surface area contributed by atoms with Crippen molar-refractivity contribution in [2.45, 2.75) is 29.0 Å². The molecular formula is C28H18ClF3N2O4S2. The summed E-state index contributed by atoms with van der Waals surface area (Å²) in [4.78, 5) is 43.4. The summed E-state index contributed by atoms with van der Waals surface area (Å²) in [6, 6.07) is 18.4. The van der Waals surface area contributed by atoms with E-state index in [2.05, 4.69) is 4.98 Å². The number of carbonyl (C=O) groups is 2. The largest absolute Gasteiger partial charge is 0.489 e. The Hall–Kier alpha value is -3.54. The van der Waals surface area contributed by atoms with Crippen LogP contribution in [0.5, 0.6) is 5.75 Å². The average molecular weight is 603 g/mol. The van der Waals surface area contributed by atoms with Crippen LogP contribution in [-0.2, 0) is 22.4 Å². The molecule has 2 aliphatic rings. The number of imide groups is 1. The second-order valence-corrected chi connectivity index (χ2v) is 11.9. The van der Waals surface area contributed by atoms with Crippen molar-refractivity contribution in [2.24, 2.45) is 5.92 Å². The molecule has 0 spiro atoms. The predicted octanol–water partition coefficient (Wildman–Crippen LogP) is 6.48. The van der Waals surface area contributed by atoms with Crippen LogP contribution in [0.15, 0.2) is 82.6 Å². The maximum Gasteiger partial charge on any atom is 0.416 e. The van der Waals surface area contributed by atoms with Crippen molar-refractivity contribution in [1.82, 2.24) is 4.98 Å². The zero-order chi connectivity index (χ0) is 28.2. The number of ether oxygens (including phenoxy) is 1. The van der Waals surface area contributed by atoms with Gasteiger partial charge < -0.3 is 9.72 Å². The summed E-state index contributed by atoms with van der Waals surface area (Å²) in [5, 5.41) is 0.192. The van der Waals surface area contributed by atoms with Crippen molar-refractivity contribution in [3.05, 3.63) is 109 Å². The molecule has 3 atom stereocenters. The van der Waals surface area contributed by atoms with E-state index in [4.69, 9.17) is 16.3 Å². The maximum atomic E-state index is 13.8. The van der Waals surface area contributed by atoms with Crippen LogP contribution in [0.4, 0.5) is 18.9 Å². The smallest absolute Gasteiger partial charge is 0.416 e. The van der Waals surface area contributed by atoms with Gasteiger partial charge in [0, 0.05) is 15.8 Å². The molecule has 3 aromatic carbocycles. The van der Waals surface area contributed by atoms with E-state index in [1.165, 1.54) is 12.1 Å². The summed E-state index contributed by atoms with van der Waals surface area (Å²) in [6.45, 7) is 0.309. The Bertz CT molecular complexity index is 1670. The summed E-state index contributed by atoms with van der Waals surface area (Å²) in [5.41, 5.74) is 0.508. The molecule has 1 fully saturated rings. The fourth-order valence-corrected chi connectivity index (χ4v) is 7.61. The number of anilines is 1. The van der Waals surface area contributed by atoms with Gasteiger partial charge in [-0.3, -0.25) is 14.4 Å². The number of fused-ring (bicyclic) bond motifs is 2. The van der Waals surface area contributed by atoms with E-state index in [9.17, 15) is 27.6 Å². The van der Waals surface area contributed by atoms with E-state index < -0.39 is 40.6 Å². The predicted molar refractivity (Wildman–Crippen MR) is 146 cm³/mol. The molecule has 0 radical (unpaired) electrons. The van der Waals surface area contributed by atoms with Crippen LogP contribution in [0.25, 0.3) is 0 Å². The van der Waals surface area contributed by atoms with Crippen molar-refractivity contribution >= 4 is 52.2 Å². The summed E-state index contributed by atoms with van der Waals surface area (Å²) in [6.07, 6.45) is -4.63. The van der Waals surface area contributed by atoms with Gasteiger partial charge in [0.15, 0.2) is 0 Å². The van der Waals surface area contributed by atoms with Crippen LogP contribution in [0, 0.1) is 5.92 Å². The van der Waals surface area contributed by atoms with Crippen molar-refractivity contribution in [3.8, 4) is 5.75 Å². The number of hydrogen-bond donors (Lipinski definition) is 1. The van der Waals surface area contributed by atoms with Gasteiger partial charge in [0.25, 0.3) is 0 Å². The molecule has 4 aromatic rings. The van der Waals surface area contributed by atoms with Gasteiger partial charge >= 0.3 is 11.0 Å². The van der Waals surface area contributed by atoms with Crippen LogP contribution in [0.2, 0.25) is 5.02 Å². The van der Waals surface area contributed by atoms with Crippen LogP contribution in [-0.4, -0.2) is 22.0 Å². The number of hydrogen-bond acceptors (Lipinski definition) is 6. The molecule has 204 valence electrons. The number of aromatic nitrogens is 1. The van der Waals surface area contributed by atoms with E-state index in [0.29, 0.717) is 32.8 Å². The summed E-state index contributed by atoms with van der Waals surface area (Å²) >= 11 is 7.95. The van der Waals surface area contributed by atoms with Crippen LogP contribution >= 0.6 is 34.7 Å². The van der Waals surface area contributed by atoms with Crippen molar-refractivity contribution in [2.75, 3.05) is 4.90 Å². The topological polar surface area (TPSA) is 79.5 Å². The number of benzene rings is 3. The molecule has 1 N–H and O–H groups in total. The Balaban J connectivity index is 1.32. The fourth-order valence-electron chi connectivity index (χ4n) is 4.97. The Kier molecular flexibility index (Phi) is 6.76. The Morgan fingerprint density at radius 2 is 1.68 bits per heavy atom. The lowest BCUT2D eigenvalue weighted by Gasteiger charge is -2.29. The second-order valence-electron chi connectivity index (χ2n) is 9.29. The van der Waals surface area contributed by atoms with Gasteiger partial charge in [-0.05, 0) is 53.6 Å². The third-order valence-corrected chi connectivity index (χ3v) is 9.47. The maximum absolute atomic E-state index is 13.8. The van der Waals surface area contributed by atoms with E-state index in [1.807, 2.05) is 12.1 Å². The summed E-state index contributed by atoms with van der Waals surface area (Å²) in [7, 11) is 0. The normalized spacial score (nSPS) is 20.4. The van der Waals surface area contributed by atoms with Gasteiger partial charge in [-0.2, -0.15) is 13.2 Å². The second kappa shape index (κ2) is 10.1. The Labute approximate surface area is 238 Å². The van der Waals surface area contributed by atoms with Gasteiger partial charge in [-0.1, -0.05) is 65.0 Å². The summed E-state index contributed by atoms with van der Waals surface area (Å²) < 4.78 is 46.0. The molecule has 12 heteroatoms. The highest BCUT2D eigenvalue weighted by Gasteiger charge is 2.56. The molecule has 1 aromatic heterocycles. The lowest BCUT2D eigenvalue weighted by molar-refractivity contribution is -0.137. The average Bonchev–Trinajstić information content (AvgIpc) is 3.42. The van der Waals surface area contributed by atoms with Gasteiger partial charge in [0.05, 0.1) is 22.2 Å². The molecular weight excluding hydrogens is 585 g/mol. The van der Waals surface area contributed by atoms with E-state index >= 15 is 0 Å². The lowest BCUT2D eigenvalue weighted by atomic mass is 9.83. The zero-order valence-corrected chi connectivity index (χ0v) is 22.7. The van der Waals surface area contributed by atoms with Gasteiger partial charge in [-0.15, -0.1) is 0 Å². The number of rotatable bonds is 5. The zero-order valence-electron chi connectivity index (χ0n) is 20.3. The first-order chi connectivity index (χ1) is 19.1. The lowest BCUT2D eigenvalue weighted by Crippen LogP contribution is -2.32. The van der Waals surface area contributed by atoms with E-state index in [-0.39, 0.29) is 10.6 Å². The van der Waals surface area contributed by atoms with Crippen molar-refractivity contribution in [1.29, 1.82) is 0 Å². The quantitative estimate of drug-likeness (QED) is 0.264. The number of H-pyrrole nitrogens is 1. The van der Waals surface area contributed by atoms with Crippen LogP contribution in [0.1, 0.15) is 27.5 Å². The first-order valence-electron chi connectivity index (χ1n) is 12.0. The third kappa shape index (κ3) is 4.82. The SMILES string of the molecule is O=C1[C@H]2[C@H](c3ccc(OCc4ccc(Cl)cc4)cc3)c3sc(=O)[nH]c3S[C@H]2C(=O)N1c1cccc(C(F)(F)F)c1. The molecule has 6 rings (SSSR count). The highest BCUT2D eigenvalue weighted by molar-refractivity contribution is 8.00. The molecule has 0 saturated carbocycles. The standard InChI is InChI=1S/C28H18ClF3N2O4S2/c29-17-8-4-14(5-9-17)13-38-19-10-6-15(7-11-19)20-21-23(39-24-22(20)40-27(37)33-24)26(36)34(25(21)35)18-3-1-2-16(12-18)28(30,31)32/h1-12,20-21,23H,13H2,(H,33,37)/t20-,21-,23+/m0/s1.